The average Bonchev–Trinajstić information content (AvgIpc) is 2.10. The van der Waals surface area contributed by atoms with E-state index in [0.29, 0.717) is 0 Å². The number of hydrogen-bond donors (Lipinski definition) is 0. The molecule has 0 fully saturated rings. The molecular formula is C7H6F7O3. The molecule has 0 saturated carbocycles. The molecule has 3 nitrogen and oxygen atoms in total. The lowest BCUT2D eigenvalue weighted by atomic mass is 10.1. The molecular weight excluding hydrogens is 265 g/mol. The van der Waals surface area contributed by atoms with Gasteiger partial charge in [0.25, 0.3) is 0 Å². The summed E-state index contributed by atoms with van der Waals surface area (Å²) in [5.74, 6) is -11.5. The van der Waals surface area contributed by atoms with E-state index in [0.717, 1.165) is 0 Å². The van der Waals surface area contributed by atoms with Crippen molar-refractivity contribution in [3.8, 4) is 0 Å². The first-order chi connectivity index (χ1) is 7.42. The van der Waals surface area contributed by atoms with Crippen LogP contribution in [0.4, 0.5) is 35.5 Å². The van der Waals surface area contributed by atoms with Gasteiger partial charge in [0.15, 0.2) is 0 Å². The lowest BCUT2D eigenvalue weighted by molar-refractivity contribution is -0.355. The smallest absolute Gasteiger partial charge is 0.432 e. The normalized spacial score (nSPS) is 13.6. The van der Waals surface area contributed by atoms with Crippen LogP contribution in [0.25, 0.3) is 0 Å². The number of ether oxygens (including phenoxy) is 1. The second-order valence-corrected chi connectivity index (χ2v) is 2.98. The fourth-order valence-corrected chi connectivity index (χ4v) is 0.814. The summed E-state index contributed by atoms with van der Waals surface area (Å²) in [6.07, 6.45) is -11.3. The Kier molecular flexibility index (Phi) is 4.61. The van der Waals surface area contributed by atoms with Crippen molar-refractivity contribution in [3.05, 3.63) is 0 Å². The molecule has 0 aliphatic rings. The lowest BCUT2D eigenvalue weighted by Gasteiger charge is -2.27. The molecule has 0 spiro atoms. The van der Waals surface area contributed by atoms with Crippen molar-refractivity contribution in [3.63, 3.8) is 0 Å². The van der Waals surface area contributed by atoms with Gasteiger partial charge < -0.3 is 4.74 Å². The lowest BCUT2D eigenvalue weighted by Crippen LogP contribution is -2.51. The van der Waals surface area contributed by atoms with E-state index < -0.39 is 43.6 Å². The van der Waals surface area contributed by atoms with Crippen LogP contribution in [0.2, 0.25) is 0 Å². The van der Waals surface area contributed by atoms with E-state index in [2.05, 4.69) is 4.74 Å². The summed E-state index contributed by atoms with van der Waals surface area (Å²) in [5.41, 5.74) is 0. The molecule has 0 amide bonds. The van der Waals surface area contributed by atoms with E-state index in [1.54, 1.807) is 0 Å². The average molecular weight is 271 g/mol. The van der Waals surface area contributed by atoms with Crippen molar-refractivity contribution in [1.29, 1.82) is 0 Å². The van der Waals surface area contributed by atoms with Crippen LogP contribution >= 0.6 is 0 Å². The van der Waals surface area contributed by atoms with Crippen molar-refractivity contribution in [1.82, 2.24) is 0 Å². The van der Waals surface area contributed by atoms with E-state index in [1.807, 2.05) is 0 Å². The maximum Gasteiger partial charge on any atom is 0.549 e. The van der Waals surface area contributed by atoms with E-state index in [4.69, 9.17) is 0 Å². The van der Waals surface area contributed by atoms with Crippen LogP contribution < -0.4 is 0 Å². The van der Waals surface area contributed by atoms with Gasteiger partial charge in [-0.05, 0) is 6.42 Å². The number of alkyl halides is 7. The van der Waals surface area contributed by atoms with Crippen LogP contribution in [-0.2, 0) is 9.84 Å². The molecule has 0 aromatic carbocycles. The molecule has 0 atom stereocenters. The van der Waals surface area contributed by atoms with Gasteiger partial charge >= 0.3 is 24.2 Å². The van der Waals surface area contributed by atoms with Crippen LogP contribution in [0.15, 0.2) is 0 Å². The molecule has 0 aromatic heterocycles. The Hall–Kier alpha value is -1.22. The first kappa shape index (κ1) is 15.8. The highest BCUT2D eigenvalue weighted by molar-refractivity contribution is 5.56. The van der Waals surface area contributed by atoms with Gasteiger partial charge in [-0.1, -0.05) is 0 Å². The van der Waals surface area contributed by atoms with Crippen LogP contribution in [0, 0.1) is 0 Å². The minimum atomic E-state index is -6.38. The summed E-state index contributed by atoms with van der Waals surface area (Å²) in [6.45, 7) is -0.953. The molecule has 1 radical (unpaired) electrons. The van der Waals surface area contributed by atoms with Gasteiger partial charge in [-0.3, -0.25) is 0 Å². The predicted molar refractivity (Wildman–Crippen MR) is 37.2 cm³/mol. The van der Waals surface area contributed by atoms with E-state index in [9.17, 15) is 40.6 Å². The largest absolute Gasteiger partial charge is 0.549 e. The summed E-state index contributed by atoms with van der Waals surface area (Å²) in [5, 5.41) is 9.63. The van der Waals surface area contributed by atoms with Gasteiger partial charge in [0.05, 0.1) is 6.61 Å². The minimum absolute atomic E-state index is 0.953. The van der Waals surface area contributed by atoms with Gasteiger partial charge in [0, 0.05) is 6.42 Å². The van der Waals surface area contributed by atoms with Crippen LogP contribution in [0.1, 0.15) is 12.8 Å². The van der Waals surface area contributed by atoms with Gasteiger partial charge in [0.1, 0.15) is 0 Å². The fraction of sp³-hybridized carbons (Fsp3) is 0.857. The zero-order valence-electron chi connectivity index (χ0n) is 7.99. The van der Waals surface area contributed by atoms with Gasteiger partial charge in [0.2, 0.25) is 0 Å². The molecule has 0 aliphatic heterocycles. The molecule has 0 N–H and O–H groups in total. The Morgan fingerprint density at radius 2 is 1.47 bits per heavy atom. The standard InChI is InChI=1S/C7H6F7O3/c8-5(9,2-1-3-17-4(15)16)6(10,11)7(12,13)14/h1-3H2. The molecule has 0 saturated heterocycles. The monoisotopic (exact) mass is 271 g/mol. The summed E-state index contributed by atoms with van der Waals surface area (Å²) in [6, 6.07) is 0. The number of hydrogen-bond acceptors (Lipinski definition) is 2. The molecule has 0 bridgehead atoms. The summed E-state index contributed by atoms with van der Waals surface area (Å²) >= 11 is 0. The van der Waals surface area contributed by atoms with E-state index >= 15 is 0 Å². The first-order valence-electron chi connectivity index (χ1n) is 4.08. The van der Waals surface area contributed by atoms with Crippen LogP contribution in [0.5, 0.6) is 0 Å². The number of carbonyl (C=O) groups excluding carboxylic acids is 1. The fourth-order valence-electron chi connectivity index (χ4n) is 0.814. The highest BCUT2D eigenvalue weighted by atomic mass is 19.4. The Morgan fingerprint density at radius 1 is 1.00 bits per heavy atom. The van der Waals surface area contributed by atoms with Crippen molar-refractivity contribution in [2.75, 3.05) is 6.61 Å². The Labute approximate surface area is 90.2 Å². The molecule has 0 rings (SSSR count). The Bertz CT molecular complexity index is 273. The second kappa shape index (κ2) is 4.96. The van der Waals surface area contributed by atoms with Crippen LogP contribution in [0.3, 0.4) is 0 Å². The predicted octanol–water partition coefficient (Wildman–Crippen LogP) is 3.17. The molecule has 0 aliphatic carbocycles. The van der Waals surface area contributed by atoms with Gasteiger partial charge in [-0.25, -0.2) is 0 Å². The Morgan fingerprint density at radius 3 is 1.82 bits per heavy atom. The maximum atomic E-state index is 12.5. The number of carbonyl (C=O) groups is 1. The van der Waals surface area contributed by atoms with Gasteiger partial charge in [-0.2, -0.15) is 40.6 Å². The SMILES string of the molecule is [O]C(=O)OCCCC(F)(F)C(F)(F)C(F)(F)F. The zero-order chi connectivity index (χ0) is 13.9. The van der Waals surface area contributed by atoms with Crippen molar-refractivity contribution < 1.29 is 45.4 Å². The molecule has 0 aromatic rings. The number of rotatable bonds is 5. The summed E-state index contributed by atoms with van der Waals surface area (Å²) in [7, 11) is 0. The minimum Gasteiger partial charge on any atom is -0.432 e. The molecule has 0 unspecified atom stereocenters. The zero-order valence-corrected chi connectivity index (χ0v) is 7.99. The summed E-state index contributed by atoms with van der Waals surface area (Å²) in [4.78, 5) is 9.63. The highest BCUT2D eigenvalue weighted by Crippen LogP contribution is 2.48. The van der Waals surface area contributed by atoms with Crippen molar-refractivity contribution >= 4 is 6.16 Å². The van der Waals surface area contributed by atoms with E-state index in [-0.39, 0.29) is 0 Å². The Balaban J connectivity index is 4.42. The first-order valence-corrected chi connectivity index (χ1v) is 4.08. The third-order valence-electron chi connectivity index (χ3n) is 1.67. The molecule has 101 valence electrons. The van der Waals surface area contributed by atoms with Crippen LogP contribution in [-0.4, -0.2) is 30.8 Å². The third kappa shape index (κ3) is 3.93. The molecule has 17 heavy (non-hydrogen) atoms. The van der Waals surface area contributed by atoms with Crippen molar-refractivity contribution in [2.24, 2.45) is 0 Å². The van der Waals surface area contributed by atoms with Gasteiger partial charge in [-0.15, -0.1) is 0 Å². The summed E-state index contributed by atoms with van der Waals surface area (Å²) < 4.78 is 88.0. The molecule has 10 heteroatoms. The topological polar surface area (TPSA) is 46.2 Å². The number of halogens is 7. The third-order valence-corrected chi connectivity index (χ3v) is 1.67. The van der Waals surface area contributed by atoms with Crippen molar-refractivity contribution in [2.45, 2.75) is 30.9 Å². The second-order valence-electron chi connectivity index (χ2n) is 2.98. The highest BCUT2D eigenvalue weighted by Gasteiger charge is 2.72. The van der Waals surface area contributed by atoms with E-state index in [1.165, 1.54) is 0 Å². The molecule has 0 heterocycles. The quantitative estimate of drug-likeness (QED) is 0.438. The maximum absolute atomic E-state index is 12.5.